The van der Waals surface area contributed by atoms with E-state index in [1.165, 1.54) is 10.6 Å². The molecule has 0 bridgehead atoms. The molecular weight excluding hydrogens is 268 g/mol. The van der Waals surface area contributed by atoms with Crippen molar-refractivity contribution in [2.24, 2.45) is 5.73 Å². The second-order valence-electron chi connectivity index (χ2n) is 5.16. The fourth-order valence-corrected chi connectivity index (χ4v) is 2.03. The molecule has 0 aliphatic rings. The molecule has 3 N–H and O–H groups in total. The normalized spacial score (nSPS) is 11.6. The van der Waals surface area contributed by atoms with Gasteiger partial charge in [0.15, 0.2) is 0 Å². The highest BCUT2D eigenvalue weighted by Crippen LogP contribution is 2.09. The van der Waals surface area contributed by atoms with Crippen LogP contribution >= 0.6 is 0 Å². The quantitative estimate of drug-likeness (QED) is 0.857. The number of hydrogen-bond donors (Lipinski definition) is 2. The van der Waals surface area contributed by atoms with Crippen LogP contribution in [0.25, 0.3) is 5.65 Å². The van der Waals surface area contributed by atoms with E-state index >= 15 is 0 Å². The maximum Gasteiger partial charge on any atom is 0.270 e. The van der Waals surface area contributed by atoms with Crippen molar-refractivity contribution in [1.82, 2.24) is 14.7 Å². The van der Waals surface area contributed by atoms with Gasteiger partial charge in [-0.25, -0.2) is 4.98 Å². The van der Waals surface area contributed by atoms with Gasteiger partial charge in [-0.3, -0.25) is 14.0 Å². The van der Waals surface area contributed by atoms with Crippen molar-refractivity contribution in [3.8, 4) is 0 Å². The van der Waals surface area contributed by atoms with Crippen LogP contribution in [0, 0.1) is 0 Å². The summed E-state index contributed by atoms with van der Waals surface area (Å²) < 4.78 is 1.35. The lowest BCUT2D eigenvalue weighted by molar-refractivity contribution is 0.0940. The van der Waals surface area contributed by atoms with Gasteiger partial charge in [-0.2, -0.15) is 0 Å². The number of amides is 1. The van der Waals surface area contributed by atoms with Crippen LogP contribution in [0.15, 0.2) is 35.4 Å². The van der Waals surface area contributed by atoms with Crippen molar-refractivity contribution < 1.29 is 4.79 Å². The number of fused-ring (bicyclic) bond motifs is 1. The summed E-state index contributed by atoms with van der Waals surface area (Å²) >= 11 is 0. The third kappa shape index (κ3) is 3.11. The zero-order chi connectivity index (χ0) is 15.5. The average Bonchev–Trinajstić information content (AvgIpc) is 2.53. The van der Waals surface area contributed by atoms with Crippen molar-refractivity contribution in [3.63, 3.8) is 0 Å². The Balaban J connectivity index is 2.24. The van der Waals surface area contributed by atoms with Crippen LogP contribution < -0.4 is 16.6 Å². The van der Waals surface area contributed by atoms with E-state index in [1.807, 2.05) is 13.8 Å². The van der Waals surface area contributed by atoms with Crippen LogP contribution in [0.4, 0.5) is 0 Å². The lowest BCUT2D eigenvalue weighted by Crippen LogP contribution is -2.49. The van der Waals surface area contributed by atoms with Crippen molar-refractivity contribution >= 4 is 11.6 Å². The second kappa shape index (κ2) is 6.05. The summed E-state index contributed by atoms with van der Waals surface area (Å²) in [5.41, 5.74) is 5.84. The lowest BCUT2D eigenvalue weighted by atomic mass is 9.94. The first kappa shape index (κ1) is 15.2. The number of rotatable bonds is 5. The van der Waals surface area contributed by atoms with Gasteiger partial charge in [0, 0.05) is 24.5 Å². The van der Waals surface area contributed by atoms with E-state index in [9.17, 15) is 9.59 Å². The molecule has 6 heteroatoms. The number of nitrogens with two attached hydrogens (primary N) is 1. The van der Waals surface area contributed by atoms with Crippen LogP contribution in [0.2, 0.25) is 0 Å². The van der Waals surface area contributed by atoms with Gasteiger partial charge < -0.3 is 11.1 Å². The first-order chi connectivity index (χ1) is 10.0. The first-order valence-corrected chi connectivity index (χ1v) is 7.04. The Hall–Kier alpha value is -2.21. The molecule has 0 aromatic carbocycles. The Labute approximate surface area is 123 Å². The molecular formula is C15H20N4O2. The molecule has 2 rings (SSSR count). The fraction of sp³-hybridized carbons (Fsp3) is 0.400. The van der Waals surface area contributed by atoms with Gasteiger partial charge in [0.1, 0.15) is 11.2 Å². The van der Waals surface area contributed by atoms with E-state index < -0.39 is 11.4 Å². The monoisotopic (exact) mass is 288 g/mol. The van der Waals surface area contributed by atoms with Gasteiger partial charge in [0.2, 0.25) is 0 Å². The topological polar surface area (TPSA) is 89.5 Å². The number of carbonyl (C=O) groups excluding carboxylic acids is 1. The largest absolute Gasteiger partial charge is 0.350 e. The number of aromatic nitrogens is 2. The fourth-order valence-electron chi connectivity index (χ4n) is 2.03. The summed E-state index contributed by atoms with van der Waals surface area (Å²) in [6.07, 6.45) is 4.40. The number of carbonyl (C=O) groups is 1. The van der Waals surface area contributed by atoms with Crippen LogP contribution in [0.3, 0.4) is 0 Å². The van der Waals surface area contributed by atoms with Crippen LogP contribution in [-0.4, -0.2) is 27.4 Å². The van der Waals surface area contributed by atoms with Gasteiger partial charge in [-0.15, -0.1) is 0 Å². The SMILES string of the molecule is CCC(N)(CC)CNC(=O)c1cnc2ccccn2c1=O. The molecule has 0 unspecified atom stereocenters. The van der Waals surface area contributed by atoms with Gasteiger partial charge in [-0.1, -0.05) is 19.9 Å². The molecule has 0 saturated heterocycles. The minimum atomic E-state index is -0.448. The lowest BCUT2D eigenvalue weighted by Gasteiger charge is -2.26. The van der Waals surface area contributed by atoms with E-state index in [0.29, 0.717) is 12.2 Å². The summed E-state index contributed by atoms with van der Waals surface area (Å²) in [6.45, 7) is 4.28. The Morgan fingerprint density at radius 1 is 1.38 bits per heavy atom. The van der Waals surface area contributed by atoms with Crippen molar-refractivity contribution in [1.29, 1.82) is 0 Å². The third-order valence-corrected chi connectivity index (χ3v) is 3.87. The molecule has 2 aromatic rings. The molecule has 0 atom stereocenters. The Morgan fingerprint density at radius 2 is 2.10 bits per heavy atom. The zero-order valence-electron chi connectivity index (χ0n) is 12.3. The van der Waals surface area contributed by atoms with Crippen LogP contribution in [0.1, 0.15) is 37.0 Å². The summed E-state index contributed by atoms with van der Waals surface area (Å²) in [4.78, 5) is 28.6. The van der Waals surface area contributed by atoms with Gasteiger partial charge in [0.25, 0.3) is 11.5 Å². The molecule has 0 aliphatic carbocycles. The van der Waals surface area contributed by atoms with Crippen molar-refractivity contribution in [2.75, 3.05) is 6.54 Å². The molecule has 2 heterocycles. The minimum Gasteiger partial charge on any atom is -0.350 e. The number of pyridine rings is 1. The summed E-state index contributed by atoms with van der Waals surface area (Å²) in [7, 11) is 0. The molecule has 6 nitrogen and oxygen atoms in total. The predicted molar refractivity (Wildman–Crippen MR) is 81.3 cm³/mol. The predicted octanol–water partition coefficient (Wildman–Crippen LogP) is 0.942. The van der Waals surface area contributed by atoms with Gasteiger partial charge >= 0.3 is 0 Å². The Kier molecular flexibility index (Phi) is 4.37. The van der Waals surface area contributed by atoms with E-state index in [0.717, 1.165) is 12.8 Å². The van der Waals surface area contributed by atoms with Crippen LogP contribution in [0.5, 0.6) is 0 Å². The van der Waals surface area contributed by atoms with Crippen molar-refractivity contribution in [2.45, 2.75) is 32.2 Å². The number of nitrogens with zero attached hydrogens (tertiary/aromatic N) is 2. The smallest absolute Gasteiger partial charge is 0.270 e. The maximum atomic E-state index is 12.3. The highest BCUT2D eigenvalue weighted by Gasteiger charge is 2.22. The van der Waals surface area contributed by atoms with Gasteiger partial charge in [0.05, 0.1) is 0 Å². The van der Waals surface area contributed by atoms with E-state index in [-0.39, 0.29) is 11.1 Å². The first-order valence-electron chi connectivity index (χ1n) is 7.04. The summed E-state index contributed by atoms with van der Waals surface area (Å²) in [6, 6.07) is 5.21. The molecule has 2 aromatic heterocycles. The van der Waals surface area contributed by atoms with Gasteiger partial charge in [-0.05, 0) is 25.0 Å². The number of hydrogen-bond acceptors (Lipinski definition) is 4. The third-order valence-electron chi connectivity index (χ3n) is 3.87. The second-order valence-corrected chi connectivity index (χ2v) is 5.16. The summed E-state index contributed by atoms with van der Waals surface area (Å²) in [5.74, 6) is -0.442. The average molecular weight is 288 g/mol. The molecule has 0 fully saturated rings. The van der Waals surface area contributed by atoms with E-state index in [1.54, 1.807) is 24.4 Å². The maximum absolute atomic E-state index is 12.3. The Bertz CT molecular complexity index is 704. The highest BCUT2D eigenvalue weighted by atomic mass is 16.2. The highest BCUT2D eigenvalue weighted by molar-refractivity contribution is 5.93. The minimum absolute atomic E-state index is 0.0215. The molecule has 1 amide bonds. The number of nitrogens with one attached hydrogen (secondary N) is 1. The molecule has 0 saturated carbocycles. The van der Waals surface area contributed by atoms with E-state index in [2.05, 4.69) is 10.3 Å². The molecule has 112 valence electrons. The Morgan fingerprint density at radius 3 is 2.76 bits per heavy atom. The van der Waals surface area contributed by atoms with Crippen molar-refractivity contribution in [3.05, 3.63) is 46.5 Å². The standard InChI is InChI=1S/C15H20N4O2/c1-3-15(16,4-2)10-18-13(20)11-9-17-12-7-5-6-8-19(12)14(11)21/h5-9H,3-4,10,16H2,1-2H3,(H,18,20). The van der Waals surface area contributed by atoms with E-state index in [4.69, 9.17) is 5.73 Å². The molecule has 0 aliphatic heterocycles. The zero-order valence-corrected chi connectivity index (χ0v) is 12.3. The van der Waals surface area contributed by atoms with Crippen LogP contribution in [-0.2, 0) is 0 Å². The molecule has 0 spiro atoms. The molecule has 21 heavy (non-hydrogen) atoms. The summed E-state index contributed by atoms with van der Waals surface area (Å²) in [5, 5.41) is 2.73. The molecule has 0 radical (unpaired) electrons.